The summed E-state index contributed by atoms with van der Waals surface area (Å²) in [6.07, 6.45) is 1.65. The summed E-state index contributed by atoms with van der Waals surface area (Å²) in [6.45, 7) is 0. The first-order valence-electron chi connectivity index (χ1n) is 4.80. The molecule has 1 aromatic heterocycles. The average Bonchev–Trinajstić information content (AvgIpc) is 2.27. The molecule has 0 atom stereocenters. The average molecular weight is 217 g/mol. The summed E-state index contributed by atoms with van der Waals surface area (Å²) in [6, 6.07) is 6.69. The Labute approximate surface area is 92.5 Å². The van der Waals surface area contributed by atoms with Crippen LogP contribution in [0.15, 0.2) is 30.5 Å². The van der Waals surface area contributed by atoms with Crippen molar-refractivity contribution in [2.75, 3.05) is 19.0 Å². The fourth-order valence-corrected chi connectivity index (χ4v) is 1.69. The van der Waals surface area contributed by atoms with E-state index in [1.165, 1.54) is 6.07 Å². The van der Waals surface area contributed by atoms with Gasteiger partial charge in [-0.15, -0.1) is 0 Å². The van der Waals surface area contributed by atoms with Gasteiger partial charge in [0.05, 0.1) is 16.1 Å². The van der Waals surface area contributed by atoms with E-state index in [9.17, 15) is 10.1 Å². The van der Waals surface area contributed by atoms with Gasteiger partial charge in [0.2, 0.25) is 0 Å². The molecular weight excluding hydrogens is 206 g/mol. The molecule has 0 aliphatic heterocycles. The topological polar surface area (TPSA) is 59.3 Å². The van der Waals surface area contributed by atoms with E-state index < -0.39 is 0 Å². The lowest BCUT2D eigenvalue weighted by Gasteiger charge is -2.14. The van der Waals surface area contributed by atoms with E-state index in [1.54, 1.807) is 24.4 Å². The third-order valence-electron chi connectivity index (χ3n) is 2.40. The molecule has 1 heterocycles. The van der Waals surface area contributed by atoms with Gasteiger partial charge in [0, 0.05) is 26.4 Å². The lowest BCUT2D eigenvalue weighted by Crippen LogP contribution is -2.10. The van der Waals surface area contributed by atoms with Crippen molar-refractivity contribution in [3.8, 4) is 0 Å². The molecule has 82 valence electrons. The minimum atomic E-state index is -0.378. The SMILES string of the molecule is CN(C)c1ccnc2cccc([N+](=O)[O-])c12. The second kappa shape index (κ2) is 3.77. The van der Waals surface area contributed by atoms with Gasteiger partial charge in [-0.1, -0.05) is 6.07 Å². The van der Waals surface area contributed by atoms with Crippen LogP contribution in [0.5, 0.6) is 0 Å². The van der Waals surface area contributed by atoms with Crippen LogP contribution in [0.3, 0.4) is 0 Å². The van der Waals surface area contributed by atoms with Gasteiger partial charge in [0.1, 0.15) is 5.39 Å². The zero-order valence-electron chi connectivity index (χ0n) is 9.04. The summed E-state index contributed by atoms with van der Waals surface area (Å²) in [5, 5.41) is 11.5. The summed E-state index contributed by atoms with van der Waals surface area (Å²) in [5.41, 5.74) is 1.53. The maximum Gasteiger partial charge on any atom is 0.280 e. The smallest absolute Gasteiger partial charge is 0.280 e. The molecule has 16 heavy (non-hydrogen) atoms. The maximum atomic E-state index is 10.9. The number of aromatic nitrogens is 1. The van der Waals surface area contributed by atoms with E-state index in [0.29, 0.717) is 10.9 Å². The minimum Gasteiger partial charge on any atom is -0.377 e. The fourth-order valence-electron chi connectivity index (χ4n) is 1.69. The molecular formula is C11H11N3O2. The van der Waals surface area contributed by atoms with Gasteiger partial charge in [-0.25, -0.2) is 0 Å². The standard InChI is InChI=1S/C11H11N3O2/c1-13(2)9-6-7-12-8-4-3-5-10(11(8)9)14(15)16/h3-7H,1-2H3. The van der Waals surface area contributed by atoms with Gasteiger partial charge in [-0.3, -0.25) is 15.1 Å². The number of benzene rings is 1. The molecule has 0 saturated carbocycles. The lowest BCUT2D eigenvalue weighted by molar-refractivity contribution is -0.383. The van der Waals surface area contributed by atoms with Crippen molar-refractivity contribution in [1.82, 2.24) is 4.98 Å². The maximum absolute atomic E-state index is 10.9. The quantitative estimate of drug-likeness (QED) is 0.571. The zero-order valence-corrected chi connectivity index (χ0v) is 9.04. The van der Waals surface area contributed by atoms with Crippen LogP contribution in [-0.2, 0) is 0 Å². The number of non-ortho nitro benzene ring substituents is 1. The van der Waals surface area contributed by atoms with Gasteiger partial charge in [-0.2, -0.15) is 0 Å². The highest BCUT2D eigenvalue weighted by molar-refractivity contribution is 5.98. The third-order valence-corrected chi connectivity index (χ3v) is 2.40. The molecule has 0 unspecified atom stereocenters. The van der Waals surface area contributed by atoms with Crippen LogP contribution in [0.1, 0.15) is 0 Å². The highest BCUT2D eigenvalue weighted by atomic mass is 16.6. The fraction of sp³-hybridized carbons (Fsp3) is 0.182. The summed E-state index contributed by atoms with van der Waals surface area (Å²) in [7, 11) is 3.71. The van der Waals surface area contributed by atoms with Crippen LogP contribution in [0.2, 0.25) is 0 Å². The van der Waals surface area contributed by atoms with E-state index in [1.807, 2.05) is 19.0 Å². The molecule has 0 bridgehead atoms. The first kappa shape index (κ1) is 10.4. The Balaban J connectivity index is 2.87. The van der Waals surface area contributed by atoms with Crippen molar-refractivity contribution in [2.45, 2.75) is 0 Å². The highest BCUT2D eigenvalue weighted by Gasteiger charge is 2.16. The van der Waals surface area contributed by atoms with Gasteiger partial charge >= 0.3 is 0 Å². The molecule has 0 saturated heterocycles. The van der Waals surface area contributed by atoms with Crippen molar-refractivity contribution in [3.63, 3.8) is 0 Å². The molecule has 2 aromatic rings. The van der Waals surface area contributed by atoms with Crippen molar-refractivity contribution in [3.05, 3.63) is 40.6 Å². The van der Waals surface area contributed by atoms with E-state index >= 15 is 0 Å². The molecule has 0 amide bonds. The molecule has 0 N–H and O–H groups in total. The van der Waals surface area contributed by atoms with Crippen LogP contribution in [0, 0.1) is 10.1 Å². The highest BCUT2D eigenvalue weighted by Crippen LogP contribution is 2.31. The first-order chi connectivity index (χ1) is 7.61. The van der Waals surface area contributed by atoms with E-state index in [0.717, 1.165) is 5.69 Å². The molecule has 0 radical (unpaired) electrons. The van der Waals surface area contributed by atoms with Crippen molar-refractivity contribution in [1.29, 1.82) is 0 Å². The Kier molecular flexibility index (Phi) is 2.44. The first-order valence-corrected chi connectivity index (χ1v) is 4.80. The van der Waals surface area contributed by atoms with Crippen molar-refractivity contribution < 1.29 is 4.92 Å². The summed E-state index contributed by atoms with van der Waals surface area (Å²) in [5.74, 6) is 0. The van der Waals surface area contributed by atoms with E-state index in [-0.39, 0.29) is 10.6 Å². The number of hydrogen-bond acceptors (Lipinski definition) is 4. The van der Waals surface area contributed by atoms with Gasteiger partial charge in [0.15, 0.2) is 0 Å². The molecule has 0 fully saturated rings. The summed E-state index contributed by atoms with van der Waals surface area (Å²) in [4.78, 5) is 16.6. The number of nitro benzene ring substituents is 1. The third kappa shape index (κ3) is 1.56. The summed E-state index contributed by atoms with van der Waals surface area (Å²) < 4.78 is 0. The number of fused-ring (bicyclic) bond motifs is 1. The lowest BCUT2D eigenvalue weighted by atomic mass is 10.1. The molecule has 2 rings (SSSR count). The van der Waals surface area contributed by atoms with E-state index in [4.69, 9.17) is 0 Å². The van der Waals surface area contributed by atoms with Crippen molar-refractivity contribution >= 4 is 22.3 Å². The number of nitro groups is 1. The number of rotatable bonds is 2. The van der Waals surface area contributed by atoms with Gasteiger partial charge in [-0.05, 0) is 12.1 Å². The predicted octanol–water partition coefficient (Wildman–Crippen LogP) is 2.21. The number of nitrogens with zero attached hydrogens (tertiary/aromatic N) is 3. The molecule has 0 aliphatic carbocycles. The molecule has 0 aliphatic rings. The number of hydrogen-bond donors (Lipinski definition) is 0. The van der Waals surface area contributed by atoms with Crippen LogP contribution < -0.4 is 4.90 Å². The number of anilines is 1. The predicted molar refractivity (Wildman–Crippen MR) is 62.7 cm³/mol. The van der Waals surface area contributed by atoms with E-state index in [2.05, 4.69) is 4.98 Å². The molecule has 1 aromatic carbocycles. The van der Waals surface area contributed by atoms with Crippen molar-refractivity contribution in [2.24, 2.45) is 0 Å². The monoisotopic (exact) mass is 217 g/mol. The Morgan fingerprint density at radius 3 is 2.69 bits per heavy atom. The van der Waals surface area contributed by atoms with Gasteiger partial charge < -0.3 is 4.90 Å². The second-order valence-electron chi connectivity index (χ2n) is 3.65. The molecule has 0 spiro atoms. The Hall–Kier alpha value is -2.17. The Morgan fingerprint density at radius 2 is 2.06 bits per heavy atom. The zero-order chi connectivity index (χ0) is 11.7. The van der Waals surface area contributed by atoms with Gasteiger partial charge in [0.25, 0.3) is 5.69 Å². The molecule has 5 nitrogen and oxygen atoms in total. The number of pyridine rings is 1. The normalized spacial score (nSPS) is 10.4. The Bertz CT molecular complexity index is 547. The minimum absolute atomic E-state index is 0.0919. The second-order valence-corrected chi connectivity index (χ2v) is 3.65. The molecule has 5 heteroatoms. The van der Waals surface area contributed by atoms with Crippen LogP contribution in [-0.4, -0.2) is 24.0 Å². The van der Waals surface area contributed by atoms with Crippen LogP contribution in [0.25, 0.3) is 10.9 Å². The Morgan fingerprint density at radius 1 is 1.31 bits per heavy atom. The van der Waals surface area contributed by atoms with Crippen LogP contribution >= 0.6 is 0 Å². The summed E-state index contributed by atoms with van der Waals surface area (Å²) >= 11 is 0. The van der Waals surface area contributed by atoms with Crippen LogP contribution in [0.4, 0.5) is 11.4 Å². The largest absolute Gasteiger partial charge is 0.377 e.